The number of rotatable bonds is 4. The van der Waals surface area contributed by atoms with Crippen molar-refractivity contribution in [2.75, 3.05) is 39.6 Å². The first kappa shape index (κ1) is 19.8. The average molecular weight is 410 g/mol. The summed E-state index contributed by atoms with van der Waals surface area (Å²) in [7, 11) is -2.70. The molecule has 0 aromatic carbocycles. The molecule has 26 heavy (non-hydrogen) atoms. The zero-order valence-corrected chi connectivity index (χ0v) is 17.5. The van der Waals surface area contributed by atoms with E-state index in [0.717, 1.165) is 0 Å². The molecule has 0 aromatic rings. The summed E-state index contributed by atoms with van der Waals surface area (Å²) in [4.78, 5) is 0. The fourth-order valence-corrected chi connectivity index (χ4v) is 6.04. The smallest absolute Gasteiger partial charge is 0.333 e. The molecule has 0 aliphatic carbocycles. The molecule has 0 aromatic heterocycles. The van der Waals surface area contributed by atoms with Crippen LogP contribution in [0.4, 0.5) is 0 Å². The summed E-state index contributed by atoms with van der Waals surface area (Å²) in [5.41, 5.74) is 0.0485. The van der Waals surface area contributed by atoms with Gasteiger partial charge in [0, 0.05) is 10.8 Å². The Hall–Kier alpha value is 0.540. The average Bonchev–Trinajstić information content (AvgIpc) is 3.15. The summed E-state index contributed by atoms with van der Waals surface area (Å²) in [6.07, 6.45) is -0.775. The summed E-state index contributed by atoms with van der Waals surface area (Å²) in [5.74, 6) is 0. The van der Waals surface area contributed by atoms with E-state index >= 15 is 0 Å². The molecule has 8 nitrogen and oxygen atoms in total. The fraction of sp³-hybridized carbons (Fsp3) is 1.00. The van der Waals surface area contributed by atoms with Gasteiger partial charge in [0.05, 0.1) is 39.6 Å². The molecular formula is C16H28O8P2. The molecule has 10 heteroatoms. The van der Waals surface area contributed by atoms with Crippen LogP contribution in [0.1, 0.15) is 27.7 Å². The number of hydrogen-bond donors (Lipinski definition) is 0. The number of ether oxygens (including phenoxy) is 2. The highest BCUT2D eigenvalue weighted by Gasteiger charge is 2.51. The molecule has 0 N–H and O–H groups in total. The van der Waals surface area contributed by atoms with Crippen molar-refractivity contribution < 1.29 is 36.6 Å². The highest BCUT2D eigenvalue weighted by Crippen LogP contribution is 2.52. The van der Waals surface area contributed by atoms with E-state index in [-0.39, 0.29) is 35.2 Å². The molecule has 4 aliphatic heterocycles. The van der Waals surface area contributed by atoms with E-state index in [1.807, 2.05) is 0 Å². The van der Waals surface area contributed by atoms with Gasteiger partial charge in [0.1, 0.15) is 24.4 Å². The van der Waals surface area contributed by atoms with E-state index in [9.17, 15) is 0 Å². The maximum absolute atomic E-state index is 5.98. The van der Waals surface area contributed by atoms with E-state index in [1.54, 1.807) is 0 Å². The predicted octanol–water partition coefficient (Wildman–Crippen LogP) is 3.15. The molecule has 1 unspecified atom stereocenters. The maximum atomic E-state index is 5.98. The predicted molar refractivity (Wildman–Crippen MR) is 94.4 cm³/mol. The van der Waals surface area contributed by atoms with Crippen LogP contribution in [-0.4, -0.2) is 64.1 Å². The van der Waals surface area contributed by atoms with Crippen LogP contribution in [0.15, 0.2) is 0 Å². The fourth-order valence-electron chi connectivity index (χ4n) is 3.02. The molecule has 4 aliphatic rings. The summed E-state index contributed by atoms with van der Waals surface area (Å²) >= 11 is 0. The summed E-state index contributed by atoms with van der Waals surface area (Å²) < 4.78 is 46.6. The molecule has 4 heterocycles. The second kappa shape index (κ2) is 7.75. The van der Waals surface area contributed by atoms with Gasteiger partial charge in [-0.15, -0.1) is 0 Å². The van der Waals surface area contributed by atoms with E-state index in [0.29, 0.717) is 39.6 Å². The Morgan fingerprint density at radius 3 is 1.35 bits per heavy atom. The van der Waals surface area contributed by atoms with Crippen molar-refractivity contribution in [2.24, 2.45) is 10.8 Å². The molecule has 4 fully saturated rings. The SMILES string of the molecule is CC1(C)COP(O[C@H]2COC3[C@H](OP4OCC(C)(C)CO4)CO[C@@H]32)OC1. The lowest BCUT2D eigenvalue weighted by Crippen LogP contribution is -2.35. The lowest BCUT2D eigenvalue weighted by Gasteiger charge is -2.34. The molecule has 150 valence electrons. The maximum Gasteiger partial charge on any atom is 0.333 e. The normalized spacial score (nSPS) is 40.6. The minimum absolute atomic E-state index is 0.0242. The first-order valence-corrected chi connectivity index (χ1v) is 11.2. The minimum atomic E-state index is -1.35. The van der Waals surface area contributed by atoms with Gasteiger partial charge in [-0.25, -0.2) is 0 Å². The van der Waals surface area contributed by atoms with Gasteiger partial charge in [-0.1, -0.05) is 27.7 Å². The number of fused-ring (bicyclic) bond motifs is 1. The molecule has 4 rings (SSSR count). The van der Waals surface area contributed by atoms with Crippen molar-refractivity contribution in [1.82, 2.24) is 0 Å². The second-order valence-corrected chi connectivity index (χ2v) is 11.1. The second-order valence-electron chi connectivity index (χ2n) is 8.75. The van der Waals surface area contributed by atoms with Gasteiger partial charge in [0.2, 0.25) is 0 Å². The summed E-state index contributed by atoms with van der Waals surface area (Å²) in [6, 6.07) is 0. The van der Waals surface area contributed by atoms with Crippen molar-refractivity contribution in [3.63, 3.8) is 0 Å². The van der Waals surface area contributed by atoms with Gasteiger partial charge >= 0.3 is 17.2 Å². The Labute approximate surface area is 157 Å². The standard InChI is InChI=1S/C16H28O8P2/c1-15(2)7-19-25(20-8-15)23-11-5-17-14-12(6-18-13(11)14)24-26-21-9-16(3,4)10-22-26/h11-14H,5-10H2,1-4H3/t11-,12+,13+,14?/m0/s1. The van der Waals surface area contributed by atoms with Gasteiger partial charge in [0.25, 0.3) is 0 Å². The van der Waals surface area contributed by atoms with E-state index in [2.05, 4.69) is 27.7 Å². The number of hydrogen-bond acceptors (Lipinski definition) is 8. The molecule has 0 radical (unpaired) electrons. The highest BCUT2D eigenvalue weighted by molar-refractivity contribution is 7.42. The first-order chi connectivity index (χ1) is 12.3. The lowest BCUT2D eigenvalue weighted by atomic mass is 9.97. The first-order valence-electron chi connectivity index (χ1n) is 9.00. The van der Waals surface area contributed by atoms with Gasteiger partial charge in [0.15, 0.2) is 0 Å². The molecule has 4 saturated heterocycles. The molecule has 4 atom stereocenters. The topological polar surface area (TPSA) is 73.8 Å². The monoisotopic (exact) mass is 410 g/mol. The molecule has 0 amide bonds. The van der Waals surface area contributed by atoms with Crippen LogP contribution in [0.25, 0.3) is 0 Å². The van der Waals surface area contributed by atoms with Gasteiger partial charge in [-0.05, 0) is 0 Å². The zero-order chi connectivity index (χ0) is 18.4. The van der Waals surface area contributed by atoms with Crippen molar-refractivity contribution in [1.29, 1.82) is 0 Å². The van der Waals surface area contributed by atoms with Gasteiger partial charge < -0.3 is 36.6 Å². The van der Waals surface area contributed by atoms with Gasteiger partial charge in [-0.2, -0.15) is 0 Å². The Morgan fingerprint density at radius 2 is 1.00 bits per heavy atom. The Morgan fingerprint density at radius 1 is 0.654 bits per heavy atom. The van der Waals surface area contributed by atoms with E-state index in [1.165, 1.54) is 0 Å². The van der Waals surface area contributed by atoms with Crippen molar-refractivity contribution in [2.45, 2.75) is 52.1 Å². The summed E-state index contributed by atoms with van der Waals surface area (Å²) in [6.45, 7) is 11.8. The third-order valence-corrected chi connectivity index (χ3v) is 6.89. The van der Waals surface area contributed by atoms with Crippen LogP contribution in [0, 0.1) is 10.8 Å². The largest absolute Gasteiger partial charge is 0.370 e. The van der Waals surface area contributed by atoms with Crippen molar-refractivity contribution in [3.8, 4) is 0 Å². The Kier molecular flexibility index (Phi) is 5.92. The third kappa shape index (κ3) is 4.57. The van der Waals surface area contributed by atoms with Crippen molar-refractivity contribution in [3.05, 3.63) is 0 Å². The van der Waals surface area contributed by atoms with Crippen LogP contribution < -0.4 is 0 Å². The van der Waals surface area contributed by atoms with Crippen LogP contribution in [0.3, 0.4) is 0 Å². The minimum Gasteiger partial charge on any atom is -0.370 e. The third-order valence-electron chi connectivity index (χ3n) is 4.65. The Balaban J connectivity index is 1.25. The summed E-state index contributed by atoms with van der Waals surface area (Å²) in [5, 5.41) is 0. The molecular weight excluding hydrogens is 382 g/mol. The zero-order valence-electron chi connectivity index (χ0n) is 15.7. The van der Waals surface area contributed by atoms with E-state index < -0.39 is 17.2 Å². The van der Waals surface area contributed by atoms with Crippen LogP contribution in [0.2, 0.25) is 0 Å². The molecule has 0 spiro atoms. The van der Waals surface area contributed by atoms with Crippen LogP contribution >= 0.6 is 17.2 Å². The van der Waals surface area contributed by atoms with Crippen LogP contribution in [-0.2, 0) is 36.6 Å². The van der Waals surface area contributed by atoms with E-state index in [4.69, 9.17) is 36.6 Å². The van der Waals surface area contributed by atoms with Crippen LogP contribution in [0.5, 0.6) is 0 Å². The molecule has 0 saturated carbocycles. The lowest BCUT2D eigenvalue weighted by molar-refractivity contribution is -0.0263. The molecule has 0 bridgehead atoms. The quantitative estimate of drug-likeness (QED) is 0.655. The van der Waals surface area contributed by atoms with Crippen molar-refractivity contribution >= 4 is 17.2 Å². The Bertz CT molecular complexity index is 441. The van der Waals surface area contributed by atoms with Gasteiger partial charge in [-0.3, -0.25) is 0 Å². The highest BCUT2D eigenvalue weighted by atomic mass is 31.2.